The highest BCUT2D eigenvalue weighted by molar-refractivity contribution is 7.92. The monoisotopic (exact) mass is 390 g/mol. The van der Waals surface area contributed by atoms with E-state index in [-0.39, 0.29) is 4.90 Å². The summed E-state index contributed by atoms with van der Waals surface area (Å²) < 4.78 is 51.2. The van der Waals surface area contributed by atoms with Crippen LogP contribution in [0.3, 0.4) is 0 Å². The topological polar surface area (TPSA) is 106 Å². The van der Waals surface area contributed by atoms with Crippen molar-refractivity contribution < 1.29 is 16.8 Å². The van der Waals surface area contributed by atoms with Crippen molar-refractivity contribution in [3.8, 4) is 0 Å². The Labute approximate surface area is 152 Å². The van der Waals surface area contributed by atoms with E-state index in [0.29, 0.717) is 22.0 Å². The lowest BCUT2D eigenvalue weighted by Crippen LogP contribution is -2.20. The summed E-state index contributed by atoms with van der Waals surface area (Å²) in [6.45, 7) is 0. The molecular weight excluding hydrogens is 372 g/mol. The maximum Gasteiger partial charge on any atom is 0.261 e. The number of benzene rings is 3. The van der Waals surface area contributed by atoms with Crippen LogP contribution in [0.15, 0.2) is 71.6 Å². The summed E-state index contributed by atoms with van der Waals surface area (Å²) in [5.74, 6) is 0. The fourth-order valence-electron chi connectivity index (χ4n) is 2.65. The van der Waals surface area contributed by atoms with Gasteiger partial charge in [-0.25, -0.2) is 16.8 Å². The van der Waals surface area contributed by atoms with Gasteiger partial charge in [0.1, 0.15) is 5.37 Å². The van der Waals surface area contributed by atoms with Gasteiger partial charge in [-0.15, -0.1) is 0 Å². The highest BCUT2D eigenvalue weighted by Gasteiger charge is 2.21. The number of nitrogens with one attached hydrogen (secondary N) is 1. The molecule has 3 N–H and O–H groups in total. The second-order valence-electron chi connectivity index (χ2n) is 5.95. The number of hydrogen-bond acceptors (Lipinski definition) is 5. The average molecular weight is 390 g/mol. The van der Waals surface area contributed by atoms with Gasteiger partial charge < -0.3 is 5.73 Å². The summed E-state index contributed by atoms with van der Waals surface area (Å²) in [5.41, 5.74) is 6.74. The zero-order valence-corrected chi connectivity index (χ0v) is 15.6. The van der Waals surface area contributed by atoms with Crippen molar-refractivity contribution in [2.75, 3.05) is 11.0 Å². The largest absolute Gasteiger partial charge is 0.311 e. The van der Waals surface area contributed by atoms with E-state index in [4.69, 9.17) is 5.73 Å². The maximum absolute atomic E-state index is 12.6. The predicted octanol–water partition coefficient (Wildman–Crippen LogP) is 2.64. The lowest BCUT2D eigenvalue weighted by molar-refractivity contribution is 0.590. The van der Waals surface area contributed by atoms with Gasteiger partial charge in [-0.3, -0.25) is 4.72 Å². The van der Waals surface area contributed by atoms with Crippen LogP contribution in [0.25, 0.3) is 10.8 Å². The Kier molecular flexibility index (Phi) is 4.74. The minimum absolute atomic E-state index is 0.0823. The molecule has 0 bridgehead atoms. The van der Waals surface area contributed by atoms with E-state index in [2.05, 4.69) is 4.72 Å². The van der Waals surface area contributed by atoms with Gasteiger partial charge in [-0.05, 0) is 40.6 Å². The minimum Gasteiger partial charge on any atom is -0.311 e. The maximum atomic E-state index is 12.6. The molecule has 0 fully saturated rings. The molecule has 3 aromatic rings. The van der Waals surface area contributed by atoms with Gasteiger partial charge >= 0.3 is 0 Å². The van der Waals surface area contributed by atoms with Crippen LogP contribution >= 0.6 is 0 Å². The molecule has 8 heteroatoms. The molecule has 0 heterocycles. The molecule has 6 nitrogen and oxygen atoms in total. The normalized spacial score (nSPS) is 13.5. The van der Waals surface area contributed by atoms with E-state index in [1.165, 1.54) is 12.1 Å². The predicted molar refractivity (Wildman–Crippen MR) is 103 cm³/mol. The van der Waals surface area contributed by atoms with E-state index in [0.717, 1.165) is 6.26 Å². The van der Waals surface area contributed by atoms with Gasteiger partial charge in [0.05, 0.1) is 4.90 Å². The molecular formula is C18H18N2O4S2. The van der Waals surface area contributed by atoms with Crippen LogP contribution in [0.4, 0.5) is 5.69 Å². The third kappa shape index (κ3) is 3.72. The fraction of sp³-hybridized carbons (Fsp3) is 0.111. The highest BCUT2D eigenvalue weighted by atomic mass is 32.2. The first-order valence-electron chi connectivity index (χ1n) is 7.73. The quantitative estimate of drug-likeness (QED) is 0.696. The zero-order valence-electron chi connectivity index (χ0n) is 14.0. The van der Waals surface area contributed by atoms with Crippen LogP contribution in [-0.4, -0.2) is 23.1 Å². The standard InChI is InChI=1S/C18H18N2O4S2/c1-25(21,22)18(19)17-9-5-6-13-12-15(10-11-16(13)17)26(23,24)20-14-7-3-2-4-8-14/h2-12,18,20H,19H2,1H3. The third-order valence-corrected chi connectivity index (χ3v) is 6.55. The summed E-state index contributed by atoms with van der Waals surface area (Å²) in [6, 6.07) is 18.1. The van der Waals surface area contributed by atoms with Crippen molar-refractivity contribution in [2.45, 2.75) is 10.3 Å². The second-order valence-corrected chi connectivity index (χ2v) is 9.80. The van der Waals surface area contributed by atoms with E-state index in [9.17, 15) is 16.8 Å². The van der Waals surface area contributed by atoms with Crippen LogP contribution in [0.2, 0.25) is 0 Å². The first kappa shape index (κ1) is 18.4. The number of sulfone groups is 1. The van der Waals surface area contributed by atoms with Crippen molar-refractivity contribution in [1.29, 1.82) is 0 Å². The molecule has 0 aliphatic carbocycles. The van der Waals surface area contributed by atoms with E-state index in [1.807, 2.05) is 0 Å². The molecule has 136 valence electrons. The first-order valence-corrected chi connectivity index (χ1v) is 11.2. The van der Waals surface area contributed by atoms with Crippen molar-refractivity contribution in [2.24, 2.45) is 5.73 Å². The summed E-state index contributed by atoms with van der Waals surface area (Å²) in [7, 11) is -7.25. The van der Waals surface area contributed by atoms with Gasteiger partial charge in [0, 0.05) is 11.9 Å². The minimum atomic E-state index is -3.77. The number of anilines is 1. The van der Waals surface area contributed by atoms with Gasteiger partial charge in [0.25, 0.3) is 10.0 Å². The third-order valence-electron chi connectivity index (χ3n) is 3.99. The molecule has 1 atom stereocenters. The lowest BCUT2D eigenvalue weighted by Gasteiger charge is -2.14. The van der Waals surface area contributed by atoms with Crippen LogP contribution in [0, 0.1) is 0 Å². The smallest absolute Gasteiger partial charge is 0.261 e. The molecule has 0 aliphatic heterocycles. The summed E-state index contributed by atoms with van der Waals surface area (Å²) in [4.78, 5) is 0.0823. The first-order chi connectivity index (χ1) is 12.2. The van der Waals surface area contributed by atoms with Gasteiger partial charge in [0.2, 0.25) is 0 Å². The molecule has 26 heavy (non-hydrogen) atoms. The lowest BCUT2D eigenvalue weighted by atomic mass is 10.0. The number of hydrogen-bond donors (Lipinski definition) is 2. The van der Waals surface area contributed by atoms with Crippen LogP contribution < -0.4 is 10.5 Å². The average Bonchev–Trinajstić information content (AvgIpc) is 2.59. The van der Waals surface area contributed by atoms with Crippen molar-refractivity contribution in [3.05, 3.63) is 72.3 Å². The van der Waals surface area contributed by atoms with Crippen molar-refractivity contribution in [1.82, 2.24) is 0 Å². The summed E-state index contributed by atoms with van der Waals surface area (Å²) >= 11 is 0. The number of para-hydroxylation sites is 1. The number of nitrogens with two attached hydrogens (primary N) is 1. The molecule has 0 radical (unpaired) electrons. The van der Waals surface area contributed by atoms with Crippen LogP contribution in [0.5, 0.6) is 0 Å². The Morgan fingerprint density at radius 1 is 0.885 bits per heavy atom. The summed E-state index contributed by atoms with van der Waals surface area (Å²) in [6.07, 6.45) is 1.07. The second kappa shape index (κ2) is 6.71. The molecule has 0 aliphatic rings. The van der Waals surface area contributed by atoms with E-state index < -0.39 is 25.2 Å². The van der Waals surface area contributed by atoms with Gasteiger partial charge in [-0.2, -0.15) is 0 Å². The Balaban J connectivity index is 2.05. The molecule has 3 rings (SSSR count). The van der Waals surface area contributed by atoms with E-state index >= 15 is 0 Å². The SMILES string of the molecule is CS(=O)(=O)C(N)c1cccc2cc(S(=O)(=O)Nc3ccccc3)ccc12. The molecule has 3 aromatic carbocycles. The molecule has 0 amide bonds. The molecule has 0 aromatic heterocycles. The molecule has 0 spiro atoms. The Morgan fingerprint density at radius 3 is 2.23 bits per heavy atom. The Hall–Kier alpha value is -2.42. The van der Waals surface area contributed by atoms with Crippen LogP contribution in [0.1, 0.15) is 10.9 Å². The Bertz CT molecular complexity index is 1160. The molecule has 0 saturated carbocycles. The van der Waals surface area contributed by atoms with Crippen LogP contribution in [-0.2, 0) is 19.9 Å². The zero-order chi connectivity index (χ0) is 18.9. The highest BCUT2D eigenvalue weighted by Crippen LogP contribution is 2.28. The van der Waals surface area contributed by atoms with Crippen molar-refractivity contribution in [3.63, 3.8) is 0 Å². The van der Waals surface area contributed by atoms with E-state index in [1.54, 1.807) is 54.6 Å². The summed E-state index contributed by atoms with van der Waals surface area (Å²) in [5, 5.41) is 0.0257. The van der Waals surface area contributed by atoms with Gasteiger partial charge in [0.15, 0.2) is 9.84 Å². The van der Waals surface area contributed by atoms with Gasteiger partial charge in [-0.1, -0.05) is 42.5 Å². The molecule has 1 unspecified atom stereocenters. The Morgan fingerprint density at radius 2 is 1.58 bits per heavy atom. The fourth-order valence-corrected chi connectivity index (χ4v) is 4.41. The number of fused-ring (bicyclic) bond motifs is 1. The van der Waals surface area contributed by atoms with Crippen molar-refractivity contribution >= 4 is 36.3 Å². The number of rotatable bonds is 5. The number of sulfonamides is 1. The molecule has 0 saturated heterocycles.